The highest BCUT2D eigenvalue weighted by molar-refractivity contribution is 5.75. The Labute approximate surface area is 107 Å². The Bertz CT molecular complexity index is 445. The predicted octanol–water partition coefficient (Wildman–Crippen LogP) is 2.35. The van der Waals surface area contributed by atoms with Crippen LogP contribution < -0.4 is 0 Å². The summed E-state index contributed by atoms with van der Waals surface area (Å²) in [5, 5.41) is 17.8. The molecule has 1 fully saturated rings. The maximum absolute atomic E-state index is 11.6. The van der Waals surface area contributed by atoms with Crippen molar-refractivity contribution in [1.82, 2.24) is 14.8 Å². The van der Waals surface area contributed by atoms with Crippen molar-refractivity contribution in [2.45, 2.75) is 58.9 Å². The van der Waals surface area contributed by atoms with E-state index in [0.717, 1.165) is 37.3 Å². The number of hydrogen-bond acceptors (Lipinski definition) is 3. The number of carbonyl (C=O) groups is 1. The molecule has 1 saturated carbocycles. The van der Waals surface area contributed by atoms with Crippen LogP contribution in [-0.2, 0) is 11.2 Å². The lowest BCUT2D eigenvalue weighted by Gasteiger charge is -2.24. The highest BCUT2D eigenvalue weighted by Crippen LogP contribution is 2.41. The van der Waals surface area contributed by atoms with Gasteiger partial charge in [0, 0.05) is 12.5 Å². The minimum Gasteiger partial charge on any atom is -0.481 e. The first-order chi connectivity index (χ1) is 8.46. The van der Waals surface area contributed by atoms with E-state index in [4.69, 9.17) is 0 Å². The molecule has 0 amide bonds. The summed E-state index contributed by atoms with van der Waals surface area (Å²) in [4.78, 5) is 11.6. The number of aromatic nitrogens is 3. The molecular weight excluding hydrogens is 230 g/mol. The molecule has 0 saturated heterocycles. The van der Waals surface area contributed by atoms with Gasteiger partial charge >= 0.3 is 5.97 Å². The Balaban J connectivity index is 2.30. The smallest absolute Gasteiger partial charge is 0.310 e. The molecule has 1 N–H and O–H groups in total. The summed E-state index contributed by atoms with van der Waals surface area (Å²) < 4.78 is 2.04. The molecule has 1 aromatic heterocycles. The molecular formula is C13H21N3O2. The largest absolute Gasteiger partial charge is 0.481 e. The van der Waals surface area contributed by atoms with Gasteiger partial charge in [-0.05, 0) is 33.6 Å². The Morgan fingerprint density at radius 1 is 1.39 bits per heavy atom. The minimum absolute atomic E-state index is 0.266. The molecule has 18 heavy (non-hydrogen) atoms. The molecule has 0 radical (unpaired) electrons. The highest BCUT2D eigenvalue weighted by Gasteiger charge is 2.42. The molecule has 1 aliphatic rings. The molecule has 5 nitrogen and oxygen atoms in total. The molecule has 0 atom stereocenters. The average molecular weight is 251 g/mol. The van der Waals surface area contributed by atoms with E-state index in [1.54, 1.807) is 0 Å². The monoisotopic (exact) mass is 251 g/mol. The van der Waals surface area contributed by atoms with Crippen LogP contribution in [0, 0.1) is 12.3 Å². The van der Waals surface area contributed by atoms with Crippen LogP contribution >= 0.6 is 0 Å². The standard InChI is InChI=1S/C13H21N3O2/c1-9(2)16-10(3)14-15-11(16)8-13(12(17)18)6-4-5-7-13/h9H,4-8H2,1-3H3,(H,17,18). The van der Waals surface area contributed by atoms with E-state index in [1.165, 1.54) is 0 Å². The van der Waals surface area contributed by atoms with Crippen LogP contribution in [0.5, 0.6) is 0 Å². The van der Waals surface area contributed by atoms with Gasteiger partial charge in [0.1, 0.15) is 11.6 Å². The Morgan fingerprint density at radius 2 is 2.00 bits per heavy atom. The summed E-state index contributed by atoms with van der Waals surface area (Å²) in [6, 6.07) is 0.266. The van der Waals surface area contributed by atoms with E-state index < -0.39 is 11.4 Å². The first-order valence-corrected chi connectivity index (χ1v) is 6.60. The third-order valence-corrected chi connectivity index (χ3v) is 3.96. The second-order valence-electron chi connectivity index (χ2n) is 5.60. The average Bonchev–Trinajstić information content (AvgIpc) is 2.87. The number of aryl methyl sites for hydroxylation is 1. The quantitative estimate of drug-likeness (QED) is 0.892. The molecule has 1 aromatic rings. The van der Waals surface area contributed by atoms with E-state index in [9.17, 15) is 9.90 Å². The topological polar surface area (TPSA) is 68.0 Å². The van der Waals surface area contributed by atoms with E-state index >= 15 is 0 Å². The summed E-state index contributed by atoms with van der Waals surface area (Å²) in [5.74, 6) is 0.987. The number of aliphatic carboxylic acids is 1. The fourth-order valence-corrected chi connectivity index (χ4v) is 3.03. The number of hydrogen-bond donors (Lipinski definition) is 1. The molecule has 0 spiro atoms. The SMILES string of the molecule is Cc1nnc(CC2(C(=O)O)CCCC2)n1C(C)C. The molecule has 0 aliphatic heterocycles. The van der Waals surface area contributed by atoms with Crippen LogP contribution in [0.25, 0.3) is 0 Å². The number of carboxylic acid groups (broad SMARTS) is 1. The molecule has 1 aliphatic carbocycles. The third-order valence-electron chi connectivity index (χ3n) is 3.96. The lowest BCUT2D eigenvalue weighted by Crippen LogP contribution is -2.31. The van der Waals surface area contributed by atoms with Crippen molar-refractivity contribution in [3.05, 3.63) is 11.6 Å². The molecule has 0 bridgehead atoms. The molecule has 0 unspecified atom stereocenters. The Hall–Kier alpha value is -1.39. The fraction of sp³-hybridized carbons (Fsp3) is 0.769. The van der Waals surface area contributed by atoms with Gasteiger partial charge in [-0.25, -0.2) is 0 Å². The van der Waals surface area contributed by atoms with Gasteiger partial charge < -0.3 is 9.67 Å². The summed E-state index contributed by atoms with van der Waals surface area (Å²) in [5.41, 5.74) is -0.619. The van der Waals surface area contributed by atoms with Crippen molar-refractivity contribution in [2.75, 3.05) is 0 Å². The molecule has 0 aromatic carbocycles. The number of rotatable bonds is 4. The normalized spacial score (nSPS) is 18.4. The second-order valence-corrected chi connectivity index (χ2v) is 5.60. The fourth-order valence-electron chi connectivity index (χ4n) is 3.03. The van der Waals surface area contributed by atoms with Crippen LogP contribution in [-0.4, -0.2) is 25.8 Å². The van der Waals surface area contributed by atoms with Gasteiger partial charge in [-0.1, -0.05) is 12.8 Å². The van der Waals surface area contributed by atoms with E-state index in [-0.39, 0.29) is 6.04 Å². The zero-order chi connectivity index (χ0) is 13.3. The number of nitrogens with zero attached hydrogens (tertiary/aromatic N) is 3. The lowest BCUT2D eigenvalue weighted by molar-refractivity contribution is -0.148. The van der Waals surface area contributed by atoms with Crippen molar-refractivity contribution in [3.63, 3.8) is 0 Å². The summed E-state index contributed by atoms with van der Waals surface area (Å²) in [6.45, 7) is 6.06. The van der Waals surface area contributed by atoms with Crippen molar-refractivity contribution < 1.29 is 9.90 Å². The van der Waals surface area contributed by atoms with Crippen LogP contribution in [0.15, 0.2) is 0 Å². The van der Waals surface area contributed by atoms with E-state index in [0.29, 0.717) is 6.42 Å². The van der Waals surface area contributed by atoms with Crippen LogP contribution in [0.3, 0.4) is 0 Å². The van der Waals surface area contributed by atoms with Gasteiger partial charge in [0.15, 0.2) is 0 Å². The molecule has 100 valence electrons. The van der Waals surface area contributed by atoms with Gasteiger partial charge in [0.05, 0.1) is 5.41 Å². The van der Waals surface area contributed by atoms with Crippen LogP contribution in [0.2, 0.25) is 0 Å². The van der Waals surface area contributed by atoms with Gasteiger partial charge in [-0.15, -0.1) is 10.2 Å². The summed E-state index contributed by atoms with van der Waals surface area (Å²) >= 11 is 0. The highest BCUT2D eigenvalue weighted by atomic mass is 16.4. The maximum Gasteiger partial charge on any atom is 0.310 e. The molecule has 1 heterocycles. The van der Waals surface area contributed by atoms with Crippen LogP contribution in [0.1, 0.15) is 57.2 Å². The zero-order valence-corrected chi connectivity index (χ0v) is 11.3. The van der Waals surface area contributed by atoms with Crippen LogP contribution in [0.4, 0.5) is 0 Å². The van der Waals surface area contributed by atoms with Crippen molar-refractivity contribution in [1.29, 1.82) is 0 Å². The molecule has 2 rings (SSSR count). The maximum atomic E-state index is 11.6. The number of carboxylic acids is 1. The first-order valence-electron chi connectivity index (χ1n) is 6.60. The molecule has 5 heteroatoms. The minimum atomic E-state index is -0.684. The van der Waals surface area contributed by atoms with Crippen molar-refractivity contribution in [3.8, 4) is 0 Å². The van der Waals surface area contributed by atoms with Gasteiger partial charge in [0.2, 0.25) is 0 Å². The predicted molar refractivity (Wildman–Crippen MR) is 67.4 cm³/mol. The van der Waals surface area contributed by atoms with Crippen molar-refractivity contribution in [2.24, 2.45) is 5.41 Å². The zero-order valence-electron chi connectivity index (χ0n) is 11.3. The first kappa shape index (κ1) is 13.1. The third kappa shape index (κ3) is 2.13. The van der Waals surface area contributed by atoms with E-state index in [1.807, 2.05) is 11.5 Å². The Morgan fingerprint density at radius 3 is 2.50 bits per heavy atom. The van der Waals surface area contributed by atoms with E-state index in [2.05, 4.69) is 24.0 Å². The van der Waals surface area contributed by atoms with Gasteiger partial charge in [0.25, 0.3) is 0 Å². The lowest BCUT2D eigenvalue weighted by atomic mass is 9.82. The van der Waals surface area contributed by atoms with Crippen molar-refractivity contribution >= 4 is 5.97 Å². The van der Waals surface area contributed by atoms with Gasteiger partial charge in [-0.3, -0.25) is 4.79 Å². The van der Waals surface area contributed by atoms with Gasteiger partial charge in [-0.2, -0.15) is 0 Å². The summed E-state index contributed by atoms with van der Waals surface area (Å²) in [6.07, 6.45) is 4.02. The Kier molecular flexibility index (Phi) is 3.41. The second kappa shape index (κ2) is 4.71. The summed E-state index contributed by atoms with van der Waals surface area (Å²) in [7, 11) is 0.